The number of esters is 1. The van der Waals surface area contributed by atoms with E-state index in [0.29, 0.717) is 5.56 Å². The van der Waals surface area contributed by atoms with Crippen LogP contribution in [-0.4, -0.2) is 41.7 Å². The molecule has 0 fully saturated rings. The van der Waals surface area contributed by atoms with Gasteiger partial charge in [0.15, 0.2) is 0 Å². The molecule has 1 aromatic carbocycles. The smallest absolute Gasteiger partial charge is 0.338 e. The topological polar surface area (TPSA) is 49.8 Å². The summed E-state index contributed by atoms with van der Waals surface area (Å²) >= 11 is 0. The van der Waals surface area contributed by atoms with Gasteiger partial charge in [-0.2, -0.15) is 0 Å². The second-order valence-corrected chi connectivity index (χ2v) is 5.12. The number of hydrogen-bond donors (Lipinski definition) is 1. The molecule has 0 bridgehead atoms. The van der Waals surface area contributed by atoms with Gasteiger partial charge in [-0.25, -0.2) is 4.79 Å². The number of phenolic OH excluding ortho intramolecular Hbond substituents is 1. The molecule has 0 radical (unpaired) electrons. The largest absolute Gasteiger partial charge is 0.508 e. The molecular formula is C16H25NO3. The molecule has 0 aromatic heterocycles. The molecule has 0 spiro atoms. The Morgan fingerprint density at radius 1 is 1.20 bits per heavy atom. The third kappa shape index (κ3) is 4.85. The highest BCUT2D eigenvalue weighted by molar-refractivity contribution is 5.89. The Labute approximate surface area is 121 Å². The number of phenols is 1. The molecule has 1 rings (SSSR count). The van der Waals surface area contributed by atoms with Gasteiger partial charge in [0.1, 0.15) is 11.9 Å². The van der Waals surface area contributed by atoms with Crippen LogP contribution in [-0.2, 0) is 4.74 Å². The van der Waals surface area contributed by atoms with E-state index in [1.165, 1.54) is 12.1 Å². The Kier molecular flexibility index (Phi) is 6.52. The minimum Gasteiger partial charge on any atom is -0.508 e. The summed E-state index contributed by atoms with van der Waals surface area (Å²) in [7, 11) is 0. The molecule has 112 valence electrons. The minimum absolute atomic E-state index is 0.142. The number of carbonyl (C=O) groups is 1. The van der Waals surface area contributed by atoms with Crippen LogP contribution in [0, 0.1) is 5.92 Å². The van der Waals surface area contributed by atoms with Crippen molar-refractivity contribution >= 4 is 5.97 Å². The van der Waals surface area contributed by atoms with Crippen LogP contribution in [0.4, 0.5) is 0 Å². The highest BCUT2D eigenvalue weighted by Crippen LogP contribution is 2.14. The van der Waals surface area contributed by atoms with E-state index in [-0.39, 0.29) is 23.7 Å². The van der Waals surface area contributed by atoms with Gasteiger partial charge < -0.3 is 14.7 Å². The highest BCUT2D eigenvalue weighted by atomic mass is 16.5. The molecule has 4 nitrogen and oxygen atoms in total. The summed E-state index contributed by atoms with van der Waals surface area (Å²) in [5.74, 6) is 0.0735. The van der Waals surface area contributed by atoms with Crippen LogP contribution in [0.25, 0.3) is 0 Å². The van der Waals surface area contributed by atoms with Crippen molar-refractivity contribution in [2.24, 2.45) is 5.92 Å². The minimum atomic E-state index is -0.344. The van der Waals surface area contributed by atoms with Crippen molar-refractivity contribution in [1.82, 2.24) is 4.90 Å². The molecule has 20 heavy (non-hydrogen) atoms. The zero-order valence-corrected chi connectivity index (χ0v) is 12.8. The Hall–Kier alpha value is -1.55. The molecule has 0 aliphatic carbocycles. The van der Waals surface area contributed by atoms with Crippen LogP contribution < -0.4 is 0 Å². The van der Waals surface area contributed by atoms with E-state index in [1.54, 1.807) is 12.1 Å². The van der Waals surface area contributed by atoms with E-state index in [1.807, 2.05) is 6.92 Å². The molecule has 0 amide bonds. The van der Waals surface area contributed by atoms with Crippen molar-refractivity contribution in [3.8, 4) is 5.75 Å². The summed E-state index contributed by atoms with van der Waals surface area (Å²) in [4.78, 5) is 14.3. The van der Waals surface area contributed by atoms with Crippen LogP contribution in [0.2, 0.25) is 0 Å². The van der Waals surface area contributed by atoms with Gasteiger partial charge in [0, 0.05) is 12.5 Å². The van der Waals surface area contributed by atoms with Gasteiger partial charge in [-0.1, -0.05) is 20.8 Å². The lowest BCUT2D eigenvalue weighted by atomic mass is 10.1. The number of benzene rings is 1. The van der Waals surface area contributed by atoms with Gasteiger partial charge in [0.05, 0.1) is 5.56 Å². The molecule has 4 heteroatoms. The second-order valence-electron chi connectivity index (χ2n) is 5.12. The number of aromatic hydroxyl groups is 1. The maximum atomic E-state index is 12.0. The zero-order chi connectivity index (χ0) is 15.1. The van der Waals surface area contributed by atoms with Crippen LogP contribution in [0.3, 0.4) is 0 Å². The van der Waals surface area contributed by atoms with E-state index < -0.39 is 0 Å². The average molecular weight is 279 g/mol. The SMILES string of the molecule is CCN(CC)CC(C)C(C)OC(=O)c1ccc(O)cc1. The first-order chi connectivity index (χ1) is 9.47. The Morgan fingerprint density at radius 2 is 1.75 bits per heavy atom. The molecule has 2 atom stereocenters. The van der Waals surface area contributed by atoms with E-state index >= 15 is 0 Å². The molecule has 0 heterocycles. The van der Waals surface area contributed by atoms with Crippen molar-refractivity contribution in [2.45, 2.75) is 33.8 Å². The quantitative estimate of drug-likeness (QED) is 0.780. The molecule has 2 unspecified atom stereocenters. The molecule has 1 N–H and O–H groups in total. The highest BCUT2D eigenvalue weighted by Gasteiger charge is 2.19. The zero-order valence-electron chi connectivity index (χ0n) is 12.8. The molecule has 0 aliphatic heterocycles. The number of hydrogen-bond acceptors (Lipinski definition) is 4. The summed E-state index contributed by atoms with van der Waals surface area (Å²) in [6, 6.07) is 6.11. The third-order valence-electron chi connectivity index (χ3n) is 3.64. The summed E-state index contributed by atoms with van der Waals surface area (Å²) < 4.78 is 5.48. The van der Waals surface area contributed by atoms with E-state index in [2.05, 4.69) is 25.7 Å². The van der Waals surface area contributed by atoms with E-state index in [9.17, 15) is 9.90 Å². The number of nitrogens with zero attached hydrogens (tertiary/aromatic N) is 1. The van der Waals surface area contributed by atoms with Crippen LogP contribution in [0.1, 0.15) is 38.1 Å². The average Bonchev–Trinajstić information content (AvgIpc) is 2.44. The molecular weight excluding hydrogens is 254 g/mol. The van der Waals surface area contributed by atoms with Gasteiger partial charge in [-0.3, -0.25) is 0 Å². The van der Waals surface area contributed by atoms with Gasteiger partial charge >= 0.3 is 5.97 Å². The molecule has 0 aliphatic rings. The van der Waals surface area contributed by atoms with Crippen LogP contribution in [0.15, 0.2) is 24.3 Å². The van der Waals surface area contributed by atoms with E-state index in [4.69, 9.17) is 4.74 Å². The Bertz CT molecular complexity index is 412. The van der Waals surface area contributed by atoms with Crippen LogP contribution >= 0.6 is 0 Å². The fraction of sp³-hybridized carbons (Fsp3) is 0.562. The van der Waals surface area contributed by atoms with Crippen molar-refractivity contribution in [3.63, 3.8) is 0 Å². The first-order valence-corrected chi connectivity index (χ1v) is 7.20. The predicted molar refractivity (Wildman–Crippen MR) is 79.9 cm³/mol. The number of rotatable bonds is 7. The normalized spacial score (nSPS) is 14.1. The summed E-state index contributed by atoms with van der Waals surface area (Å²) in [5.41, 5.74) is 0.463. The van der Waals surface area contributed by atoms with Gasteiger partial charge in [0.2, 0.25) is 0 Å². The molecule has 1 aromatic rings. The fourth-order valence-electron chi connectivity index (χ4n) is 1.99. The lowest BCUT2D eigenvalue weighted by molar-refractivity contribution is 0.0172. The summed E-state index contributed by atoms with van der Waals surface area (Å²) in [6.07, 6.45) is -0.142. The van der Waals surface area contributed by atoms with E-state index in [0.717, 1.165) is 19.6 Å². The van der Waals surface area contributed by atoms with Crippen molar-refractivity contribution in [3.05, 3.63) is 29.8 Å². The van der Waals surface area contributed by atoms with Gasteiger partial charge in [0.25, 0.3) is 0 Å². The maximum Gasteiger partial charge on any atom is 0.338 e. The Morgan fingerprint density at radius 3 is 2.25 bits per heavy atom. The summed E-state index contributed by atoms with van der Waals surface area (Å²) in [5, 5.41) is 9.20. The lowest BCUT2D eigenvalue weighted by Gasteiger charge is -2.26. The first-order valence-electron chi connectivity index (χ1n) is 7.20. The van der Waals surface area contributed by atoms with Gasteiger partial charge in [-0.15, -0.1) is 0 Å². The monoisotopic (exact) mass is 279 g/mol. The molecule has 0 saturated heterocycles. The number of ether oxygens (including phenoxy) is 1. The predicted octanol–water partition coefficient (Wildman–Crippen LogP) is 2.92. The molecule has 0 saturated carbocycles. The van der Waals surface area contributed by atoms with Gasteiger partial charge in [-0.05, 0) is 44.3 Å². The summed E-state index contributed by atoms with van der Waals surface area (Å²) in [6.45, 7) is 11.2. The lowest BCUT2D eigenvalue weighted by Crippen LogP contribution is -2.34. The van der Waals surface area contributed by atoms with Crippen molar-refractivity contribution in [1.29, 1.82) is 0 Å². The first kappa shape index (κ1) is 16.5. The standard InChI is InChI=1S/C16H25NO3/c1-5-17(6-2)11-12(3)13(4)20-16(19)14-7-9-15(18)10-8-14/h7-10,12-13,18H,5-6,11H2,1-4H3. The second kappa shape index (κ2) is 7.90. The maximum absolute atomic E-state index is 12.0. The fourth-order valence-corrected chi connectivity index (χ4v) is 1.99. The third-order valence-corrected chi connectivity index (χ3v) is 3.64. The van der Waals surface area contributed by atoms with Crippen LogP contribution in [0.5, 0.6) is 5.75 Å². The Balaban J connectivity index is 2.54. The number of carbonyl (C=O) groups excluding carboxylic acids is 1. The van der Waals surface area contributed by atoms with Crippen molar-refractivity contribution < 1.29 is 14.6 Å². The van der Waals surface area contributed by atoms with Crippen molar-refractivity contribution in [2.75, 3.05) is 19.6 Å².